The number of nitrogens with zero attached hydrogens (tertiary/aromatic N) is 2. The molecule has 1 amide bonds. The smallest absolute Gasteiger partial charge is 0.224 e. The lowest BCUT2D eigenvalue weighted by molar-refractivity contribution is -0.142. The molecule has 0 aromatic heterocycles. The second kappa shape index (κ2) is 6.02. The van der Waals surface area contributed by atoms with E-state index in [9.17, 15) is 4.79 Å². The molecule has 0 N–H and O–H groups in total. The average Bonchev–Trinajstić information content (AvgIpc) is 2.26. The summed E-state index contributed by atoms with van der Waals surface area (Å²) in [6, 6.07) is 0.584. The van der Waals surface area contributed by atoms with Crippen LogP contribution < -0.4 is 0 Å². The molecule has 1 aliphatic rings. The molecule has 0 bridgehead atoms. The number of carbonyl (C=O) groups excluding carboxylic acids is 1. The Morgan fingerprint density at radius 3 is 2.79 bits per heavy atom. The topological polar surface area (TPSA) is 23.6 Å². The number of hydrazine groups is 1. The van der Waals surface area contributed by atoms with Crippen LogP contribution in [0.2, 0.25) is 0 Å². The summed E-state index contributed by atoms with van der Waals surface area (Å²) in [6.07, 6.45) is 6.94. The fourth-order valence-corrected chi connectivity index (χ4v) is 2.21. The molecule has 1 saturated heterocycles. The fraction of sp³-hybridized carbons (Fsp3) is 0.909. The molecule has 0 aromatic rings. The standard InChI is InChI=1S/C11H22N2O/c1-3-8-12(10-14)13-9-6-5-7-11(13)4-2/h10-11H,3-9H2,1-2H3. The minimum Gasteiger partial charge on any atom is -0.278 e. The third kappa shape index (κ3) is 2.71. The summed E-state index contributed by atoms with van der Waals surface area (Å²) in [5.41, 5.74) is 0. The quantitative estimate of drug-likeness (QED) is 0.631. The van der Waals surface area contributed by atoms with E-state index in [2.05, 4.69) is 18.9 Å². The first kappa shape index (κ1) is 11.5. The third-order valence-electron chi connectivity index (χ3n) is 2.97. The van der Waals surface area contributed by atoms with Crippen LogP contribution in [0.3, 0.4) is 0 Å². The SMILES string of the molecule is CCCN(C=O)N1CCCCC1CC. The van der Waals surface area contributed by atoms with Crippen molar-refractivity contribution in [1.29, 1.82) is 0 Å². The average molecular weight is 198 g/mol. The Labute approximate surface area is 87.0 Å². The second-order valence-corrected chi connectivity index (χ2v) is 3.99. The molecule has 1 aliphatic heterocycles. The van der Waals surface area contributed by atoms with Crippen LogP contribution in [0.5, 0.6) is 0 Å². The lowest BCUT2D eigenvalue weighted by Crippen LogP contribution is -2.50. The van der Waals surface area contributed by atoms with Crippen LogP contribution >= 0.6 is 0 Å². The Kier molecular flexibility index (Phi) is 4.94. The zero-order valence-corrected chi connectivity index (χ0v) is 9.41. The summed E-state index contributed by atoms with van der Waals surface area (Å²) >= 11 is 0. The van der Waals surface area contributed by atoms with Crippen LogP contribution in [-0.2, 0) is 4.79 Å². The molecule has 3 nitrogen and oxygen atoms in total. The zero-order valence-electron chi connectivity index (χ0n) is 9.41. The lowest BCUT2D eigenvalue weighted by Gasteiger charge is -2.41. The third-order valence-corrected chi connectivity index (χ3v) is 2.97. The van der Waals surface area contributed by atoms with Crippen LogP contribution in [-0.4, -0.2) is 35.6 Å². The van der Waals surface area contributed by atoms with Crippen molar-refractivity contribution in [3.05, 3.63) is 0 Å². The molecular weight excluding hydrogens is 176 g/mol. The van der Waals surface area contributed by atoms with E-state index in [1.165, 1.54) is 19.3 Å². The van der Waals surface area contributed by atoms with Crippen molar-refractivity contribution in [1.82, 2.24) is 10.0 Å². The number of hydrogen-bond donors (Lipinski definition) is 0. The van der Waals surface area contributed by atoms with E-state index in [1.807, 2.05) is 5.01 Å². The molecule has 14 heavy (non-hydrogen) atoms. The van der Waals surface area contributed by atoms with Gasteiger partial charge in [-0.15, -0.1) is 0 Å². The Hall–Kier alpha value is -0.570. The summed E-state index contributed by atoms with van der Waals surface area (Å²) < 4.78 is 0. The minimum absolute atomic E-state index is 0.584. The van der Waals surface area contributed by atoms with E-state index >= 15 is 0 Å². The molecule has 0 aromatic carbocycles. The molecule has 82 valence electrons. The van der Waals surface area contributed by atoms with Crippen LogP contribution in [0.25, 0.3) is 0 Å². The number of amides is 1. The summed E-state index contributed by atoms with van der Waals surface area (Å²) in [4.78, 5) is 10.9. The maximum Gasteiger partial charge on any atom is 0.224 e. The largest absolute Gasteiger partial charge is 0.278 e. The van der Waals surface area contributed by atoms with Crippen LogP contribution in [0, 0.1) is 0 Å². The van der Waals surface area contributed by atoms with Gasteiger partial charge in [0, 0.05) is 19.1 Å². The second-order valence-electron chi connectivity index (χ2n) is 3.99. The van der Waals surface area contributed by atoms with E-state index in [0.717, 1.165) is 32.3 Å². The highest BCUT2D eigenvalue weighted by atomic mass is 16.1. The summed E-state index contributed by atoms with van der Waals surface area (Å²) in [5.74, 6) is 0. The number of hydrogen-bond acceptors (Lipinski definition) is 2. The van der Waals surface area contributed by atoms with Crippen molar-refractivity contribution in [2.24, 2.45) is 0 Å². The molecule has 0 saturated carbocycles. The Morgan fingerprint density at radius 1 is 1.43 bits per heavy atom. The molecule has 1 unspecified atom stereocenters. The molecule has 1 heterocycles. The summed E-state index contributed by atoms with van der Waals surface area (Å²) in [5, 5.41) is 4.13. The van der Waals surface area contributed by atoms with Gasteiger partial charge < -0.3 is 0 Å². The highest BCUT2D eigenvalue weighted by molar-refractivity contribution is 5.46. The predicted molar refractivity (Wildman–Crippen MR) is 57.7 cm³/mol. The Morgan fingerprint density at radius 2 is 2.21 bits per heavy atom. The van der Waals surface area contributed by atoms with E-state index < -0.39 is 0 Å². The number of carbonyl (C=O) groups is 1. The Bertz CT molecular complexity index is 173. The minimum atomic E-state index is 0.584. The highest BCUT2D eigenvalue weighted by Crippen LogP contribution is 2.20. The van der Waals surface area contributed by atoms with Gasteiger partial charge in [-0.05, 0) is 25.7 Å². The maximum atomic E-state index is 10.9. The number of piperidine rings is 1. The summed E-state index contributed by atoms with van der Waals surface area (Å²) in [7, 11) is 0. The van der Waals surface area contributed by atoms with Gasteiger partial charge in [0.05, 0.1) is 0 Å². The van der Waals surface area contributed by atoms with Gasteiger partial charge in [-0.1, -0.05) is 20.3 Å². The van der Waals surface area contributed by atoms with Crippen molar-refractivity contribution in [2.45, 2.75) is 52.0 Å². The predicted octanol–water partition coefficient (Wildman–Crippen LogP) is 2.03. The number of rotatable bonds is 5. The van der Waals surface area contributed by atoms with Crippen molar-refractivity contribution >= 4 is 6.41 Å². The van der Waals surface area contributed by atoms with Gasteiger partial charge in [-0.3, -0.25) is 9.80 Å². The van der Waals surface area contributed by atoms with Crippen molar-refractivity contribution in [3.8, 4) is 0 Å². The zero-order chi connectivity index (χ0) is 10.4. The van der Waals surface area contributed by atoms with Gasteiger partial charge in [0.2, 0.25) is 6.41 Å². The van der Waals surface area contributed by atoms with Crippen molar-refractivity contribution < 1.29 is 4.79 Å². The molecule has 1 atom stereocenters. The first-order valence-electron chi connectivity index (χ1n) is 5.82. The van der Waals surface area contributed by atoms with Crippen LogP contribution in [0.1, 0.15) is 46.0 Å². The van der Waals surface area contributed by atoms with Crippen molar-refractivity contribution in [2.75, 3.05) is 13.1 Å². The van der Waals surface area contributed by atoms with Gasteiger partial charge >= 0.3 is 0 Å². The van der Waals surface area contributed by atoms with Crippen LogP contribution in [0.4, 0.5) is 0 Å². The van der Waals surface area contributed by atoms with Crippen LogP contribution in [0.15, 0.2) is 0 Å². The van der Waals surface area contributed by atoms with E-state index in [1.54, 1.807) is 0 Å². The van der Waals surface area contributed by atoms with E-state index in [4.69, 9.17) is 0 Å². The normalized spacial score (nSPS) is 23.4. The first-order valence-corrected chi connectivity index (χ1v) is 5.82. The molecule has 1 rings (SSSR count). The van der Waals surface area contributed by atoms with Crippen molar-refractivity contribution in [3.63, 3.8) is 0 Å². The maximum absolute atomic E-state index is 10.9. The van der Waals surface area contributed by atoms with Gasteiger partial charge in [0.25, 0.3) is 0 Å². The van der Waals surface area contributed by atoms with Gasteiger partial charge in [-0.25, -0.2) is 5.01 Å². The van der Waals surface area contributed by atoms with Gasteiger partial charge in [0.15, 0.2) is 0 Å². The molecule has 3 heteroatoms. The molecule has 1 fully saturated rings. The van der Waals surface area contributed by atoms with Gasteiger partial charge in [0.1, 0.15) is 0 Å². The van der Waals surface area contributed by atoms with Gasteiger partial charge in [-0.2, -0.15) is 0 Å². The lowest BCUT2D eigenvalue weighted by atomic mass is 10.0. The fourth-order valence-electron chi connectivity index (χ4n) is 2.21. The molecule has 0 radical (unpaired) electrons. The van der Waals surface area contributed by atoms with E-state index in [-0.39, 0.29) is 0 Å². The molecular formula is C11H22N2O. The molecule has 0 spiro atoms. The monoisotopic (exact) mass is 198 g/mol. The highest BCUT2D eigenvalue weighted by Gasteiger charge is 2.24. The Balaban J connectivity index is 2.55. The first-order chi connectivity index (χ1) is 6.83. The molecule has 0 aliphatic carbocycles. The van der Waals surface area contributed by atoms with E-state index in [0.29, 0.717) is 6.04 Å². The summed E-state index contributed by atoms with van der Waals surface area (Å²) in [6.45, 7) is 6.23.